The van der Waals surface area contributed by atoms with Crippen LogP contribution in [0, 0.1) is 4.77 Å². The monoisotopic (exact) mass is 259 g/mol. The molecule has 5 nitrogen and oxygen atoms in total. The number of fused-ring (bicyclic) bond motifs is 1. The molecule has 0 aliphatic heterocycles. The van der Waals surface area contributed by atoms with Gasteiger partial charge in [-0.15, -0.1) is 5.10 Å². The fraction of sp³-hybridized carbons (Fsp3) is 0.250. The molecule has 3 aromatic rings. The zero-order chi connectivity index (χ0) is 12.7. The van der Waals surface area contributed by atoms with E-state index in [9.17, 15) is 0 Å². The number of benzene rings is 1. The van der Waals surface area contributed by atoms with Gasteiger partial charge in [0.25, 0.3) is 0 Å². The number of rotatable bonds is 2. The smallest absolute Gasteiger partial charge is 0.178 e. The summed E-state index contributed by atoms with van der Waals surface area (Å²) >= 11 is 5.35. The van der Waals surface area contributed by atoms with E-state index in [1.807, 2.05) is 18.3 Å². The molecule has 18 heavy (non-hydrogen) atoms. The maximum absolute atomic E-state index is 5.35. The summed E-state index contributed by atoms with van der Waals surface area (Å²) in [5, 5.41) is 7.81. The molecule has 0 amide bonds. The summed E-state index contributed by atoms with van der Waals surface area (Å²) in [4.78, 5) is 3.21. The summed E-state index contributed by atoms with van der Waals surface area (Å²) in [6, 6.07) is 6.39. The Morgan fingerprint density at radius 3 is 2.83 bits per heavy atom. The molecule has 0 saturated carbocycles. The first-order chi connectivity index (χ1) is 8.66. The van der Waals surface area contributed by atoms with Crippen LogP contribution >= 0.6 is 12.2 Å². The lowest BCUT2D eigenvalue weighted by Crippen LogP contribution is -2.01. The summed E-state index contributed by atoms with van der Waals surface area (Å²) in [6.45, 7) is 4.23. The van der Waals surface area contributed by atoms with Crippen molar-refractivity contribution < 1.29 is 0 Å². The first-order valence-corrected chi connectivity index (χ1v) is 6.18. The van der Waals surface area contributed by atoms with Crippen LogP contribution in [0.5, 0.6) is 0 Å². The van der Waals surface area contributed by atoms with Crippen molar-refractivity contribution in [2.24, 2.45) is 0 Å². The van der Waals surface area contributed by atoms with Crippen LogP contribution in [0.25, 0.3) is 16.7 Å². The quantitative estimate of drug-likeness (QED) is 0.720. The molecule has 1 N–H and O–H groups in total. The van der Waals surface area contributed by atoms with Crippen LogP contribution in [-0.2, 0) is 0 Å². The van der Waals surface area contributed by atoms with Crippen molar-refractivity contribution in [2.75, 3.05) is 0 Å². The molecule has 6 heteroatoms. The SMILES string of the molecule is CC(C)n1c(=S)[nH]c2ccc(-n3ccnn3)cc21. The number of hydrogen-bond donors (Lipinski definition) is 1. The van der Waals surface area contributed by atoms with Crippen molar-refractivity contribution in [3.05, 3.63) is 35.4 Å². The van der Waals surface area contributed by atoms with Crippen LogP contribution in [0.1, 0.15) is 19.9 Å². The molecule has 0 bridgehead atoms. The summed E-state index contributed by atoms with van der Waals surface area (Å²) in [5.41, 5.74) is 3.10. The fourth-order valence-corrected chi connectivity index (χ4v) is 2.53. The number of hydrogen-bond acceptors (Lipinski definition) is 3. The predicted molar refractivity (Wildman–Crippen MR) is 72.4 cm³/mol. The first-order valence-electron chi connectivity index (χ1n) is 5.78. The van der Waals surface area contributed by atoms with Crippen LogP contribution in [0.3, 0.4) is 0 Å². The lowest BCUT2D eigenvalue weighted by atomic mass is 10.2. The van der Waals surface area contributed by atoms with E-state index < -0.39 is 0 Å². The summed E-state index contributed by atoms with van der Waals surface area (Å²) < 4.78 is 4.58. The van der Waals surface area contributed by atoms with Crippen LogP contribution in [0.2, 0.25) is 0 Å². The molecule has 92 valence electrons. The average molecular weight is 259 g/mol. The normalized spacial score (nSPS) is 11.5. The Balaban J connectivity index is 2.28. The molecule has 0 unspecified atom stereocenters. The van der Waals surface area contributed by atoms with Gasteiger partial charge in [-0.25, -0.2) is 4.68 Å². The summed E-state index contributed by atoms with van der Waals surface area (Å²) in [7, 11) is 0. The van der Waals surface area contributed by atoms with Gasteiger partial charge >= 0.3 is 0 Å². The third-order valence-corrected chi connectivity index (χ3v) is 3.20. The number of nitrogens with one attached hydrogen (secondary N) is 1. The third-order valence-electron chi connectivity index (χ3n) is 2.90. The highest BCUT2D eigenvalue weighted by molar-refractivity contribution is 7.71. The summed E-state index contributed by atoms with van der Waals surface area (Å²) in [6.07, 6.45) is 3.48. The highest BCUT2D eigenvalue weighted by Gasteiger charge is 2.08. The second kappa shape index (κ2) is 4.06. The van der Waals surface area contributed by atoms with Gasteiger partial charge < -0.3 is 9.55 Å². The molecule has 3 rings (SSSR count). The lowest BCUT2D eigenvalue weighted by Gasteiger charge is -2.09. The van der Waals surface area contributed by atoms with Gasteiger partial charge in [-0.05, 0) is 44.3 Å². The van der Waals surface area contributed by atoms with Crippen LogP contribution in [-0.4, -0.2) is 24.5 Å². The minimum atomic E-state index is 0.317. The van der Waals surface area contributed by atoms with E-state index in [1.54, 1.807) is 10.9 Å². The van der Waals surface area contributed by atoms with Crippen molar-refractivity contribution in [2.45, 2.75) is 19.9 Å². The molecule has 2 aromatic heterocycles. The zero-order valence-corrected chi connectivity index (χ0v) is 11.0. The second-order valence-corrected chi connectivity index (χ2v) is 4.83. The van der Waals surface area contributed by atoms with E-state index in [-0.39, 0.29) is 0 Å². The number of H-pyrrole nitrogens is 1. The van der Waals surface area contributed by atoms with Crippen molar-refractivity contribution in [1.29, 1.82) is 0 Å². The number of aromatic nitrogens is 5. The minimum absolute atomic E-state index is 0.317. The predicted octanol–water partition coefficient (Wildman–Crippen LogP) is 2.86. The Labute approximate surface area is 109 Å². The van der Waals surface area contributed by atoms with Crippen molar-refractivity contribution in [3.63, 3.8) is 0 Å². The van der Waals surface area contributed by atoms with Gasteiger partial charge in [-0.3, -0.25) is 0 Å². The Morgan fingerprint density at radius 2 is 2.17 bits per heavy atom. The molecular weight excluding hydrogens is 246 g/mol. The molecule has 1 aromatic carbocycles. The van der Waals surface area contributed by atoms with E-state index in [1.165, 1.54) is 0 Å². The minimum Gasteiger partial charge on any atom is -0.331 e. The third kappa shape index (κ3) is 1.65. The van der Waals surface area contributed by atoms with Crippen LogP contribution in [0.4, 0.5) is 0 Å². The fourth-order valence-electron chi connectivity index (χ4n) is 2.11. The molecule has 0 saturated heterocycles. The Morgan fingerprint density at radius 1 is 1.33 bits per heavy atom. The van der Waals surface area contributed by atoms with Gasteiger partial charge in [0.05, 0.1) is 29.1 Å². The molecule has 0 spiro atoms. The van der Waals surface area contributed by atoms with E-state index in [0.29, 0.717) is 6.04 Å². The topological polar surface area (TPSA) is 51.4 Å². The van der Waals surface area contributed by atoms with Crippen LogP contribution in [0.15, 0.2) is 30.6 Å². The van der Waals surface area contributed by atoms with E-state index in [0.717, 1.165) is 21.5 Å². The highest BCUT2D eigenvalue weighted by atomic mass is 32.1. The van der Waals surface area contributed by atoms with Crippen molar-refractivity contribution in [3.8, 4) is 5.69 Å². The largest absolute Gasteiger partial charge is 0.331 e. The van der Waals surface area contributed by atoms with Gasteiger partial charge in [-0.2, -0.15) is 0 Å². The molecule has 0 fully saturated rings. The Bertz CT molecular complexity index is 736. The van der Waals surface area contributed by atoms with E-state index in [2.05, 4.69) is 39.8 Å². The van der Waals surface area contributed by atoms with Gasteiger partial charge in [-0.1, -0.05) is 5.21 Å². The van der Waals surface area contributed by atoms with Gasteiger partial charge in [0.1, 0.15) is 0 Å². The van der Waals surface area contributed by atoms with Crippen LogP contribution < -0.4 is 0 Å². The molecule has 0 aliphatic carbocycles. The average Bonchev–Trinajstić information content (AvgIpc) is 2.92. The number of nitrogens with zero attached hydrogens (tertiary/aromatic N) is 4. The maximum atomic E-state index is 5.35. The lowest BCUT2D eigenvalue weighted by molar-refractivity contribution is 0.610. The standard InChI is InChI=1S/C12H13N5S/c1-8(2)17-11-7-9(16-6-5-13-15-16)3-4-10(11)14-12(17)18/h3-8H,1-2H3,(H,14,18). The first kappa shape index (κ1) is 11.2. The second-order valence-electron chi connectivity index (χ2n) is 4.44. The van der Waals surface area contributed by atoms with Gasteiger partial charge in [0, 0.05) is 6.04 Å². The molecule has 0 aliphatic rings. The Hall–Kier alpha value is -1.95. The highest BCUT2D eigenvalue weighted by Crippen LogP contribution is 2.21. The molecule has 0 radical (unpaired) electrons. The van der Waals surface area contributed by atoms with Gasteiger partial charge in [0.2, 0.25) is 0 Å². The number of imidazole rings is 1. The number of aromatic amines is 1. The van der Waals surface area contributed by atoms with Crippen molar-refractivity contribution >= 4 is 23.3 Å². The van der Waals surface area contributed by atoms with Crippen molar-refractivity contribution in [1.82, 2.24) is 24.5 Å². The van der Waals surface area contributed by atoms with E-state index >= 15 is 0 Å². The molecule has 0 atom stereocenters. The summed E-state index contributed by atoms with van der Waals surface area (Å²) in [5.74, 6) is 0. The maximum Gasteiger partial charge on any atom is 0.178 e. The Kier molecular flexibility index (Phi) is 2.52. The molecule has 2 heterocycles. The zero-order valence-electron chi connectivity index (χ0n) is 10.2. The van der Waals surface area contributed by atoms with E-state index in [4.69, 9.17) is 12.2 Å². The molecular formula is C12H13N5S. The van der Waals surface area contributed by atoms with Gasteiger partial charge in [0.15, 0.2) is 4.77 Å².